The molecule has 0 atom stereocenters. The summed E-state index contributed by atoms with van der Waals surface area (Å²) in [6, 6.07) is 5.83. The number of aryl methyl sites for hydroxylation is 2. The maximum atomic E-state index is 12.3. The number of ketones is 1. The van der Waals surface area contributed by atoms with E-state index in [1.807, 2.05) is 18.2 Å². The first-order valence-corrected chi connectivity index (χ1v) is 10.2. The molecule has 5 heteroatoms. The van der Waals surface area contributed by atoms with Crippen LogP contribution in [-0.4, -0.2) is 42.3 Å². The maximum absolute atomic E-state index is 12.3. The molecule has 1 aromatic rings. The largest absolute Gasteiger partial charge is 0.456 e. The van der Waals surface area contributed by atoms with Crippen molar-refractivity contribution in [2.75, 3.05) is 19.7 Å². The van der Waals surface area contributed by atoms with Crippen molar-refractivity contribution in [2.24, 2.45) is 0 Å². The number of ether oxygens (including phenoxy) is 1. The van der Waals surface area contributed by atoms with Crippen molar-refractivity contribution < 1.29 is 19.1 Å². The van der Waals surface area contributed by atoms with Crippen molar-refractivity contribution in [3.63, 3.8) is 0 Å². The van der Waals surface area contributed by atoms with Crippen LogP contribution in [0.25, 0.3) is 0 Å². The van der Waals surface area contributed by atoms with Gasteiger partial charge in [-0.25, -0.2) is 0 Å². The quantitative estimate of drug-likeness (QED) is 0.567. The molecule has 27 heavy (non-hydrogen) atoms. The predicted molar refractivity (Wildman–Crippen MR) is 103 cm³/mol. The number of rotatable bonds is 6. The van der Waals surface area contributed by atoms with Crippen molar-refractivity contribution in [1.29, 1.82) is 0 Å². The summed E-state index contributed by atoms with van der Waals surface area (Å²) >= 11 is 0. The van der Waals surface area contributed by atoms with E-state index in [2.05, 4.69) is 0 Å². The van der Waals surface area contributed by atoms with Gasteiger partial charge in [-0.3, -0.25) is 14.4 Å². The number of amides is 1. The highest BCUT2D eigenvalue weighted by atomic mass is 16.5. The van der Waals surface area contributed by atoms with Gasteiger partial charge in [0.05, 0.1) is 6.42 Å². The Morgan fingerprint density at radius 3 is 2.33 bits per heavy atom. The molecule has 1 aromatic carbocycles. The van der Waals surface area contributed by atoms with Crippen molar-refractivity contribution in [3.8, 4) is 0 Å². The summed E-state index contributed by atoms with van der Waals surface area (Å²) in [4.78, 5) is 38.3. The van der Waals surface area contributed by atoms with E-state index >= 15 is 0 Å². The van der Waals surface area contributed by atoms with Gasteiger partial charge < -0.3 is 9.64 Å². The van der Waals surface area contributed by atoms with Gasteiger partial charge in [0, 0.05) is 25.1 Å². The Labute approximate surface area is 161 Å². The average Bonchev–Trinajstić information content (AvgIpc) is 3.11. The molecule has 0 aromatic heterocycles. The molecule has 1 aliphatic carbocycles. The molecule has 1 aliphatic heterocycles. The summed E-state index contributed by atoms with van der Waals surface area (Å²) in [6.07, 6.45) is 8.93. The molecule has 0 spiro atoms. The Hall–Kier alpha value is -2.17. The van der Waals surface area contributed by atoms with Crippen molar-refractivity contribution >= 4 is 17.7 Å². The lowest BCUT2D eigenvalue weighted by atomic mass is 10.0. The minimum atomic E-state index is -0.482. The Morgan fingerprint density at radius 1 is 0.852 bits per heavy atom. The van der Waals surface area contributed by atoms with Crippen LogP contribution in [0.5, 0.6) is 0 Å². The molecule has 1 fully saturated rings. The number of carbonyl (C=O) groups excluding carboxylic acids is 3. The molecule has 0 bridgehead atoms. The second-order valence-electron chi connectivity index (χ2n) is 7.57. The van der Waals surface area contributed by atoms with Crippen LogP contribution in [0.3, 0.4) is 0 Å². The first-order valence-electron chi connectivity index (χ1n) is 10.2. The van der Waals surface area contributed by atoms with Gasteiger partial charge in [0.2, 0.25) is 0 Å². The summed E-state index contributed by atoms with van der Waals surface area (Å²) in [7, 11) is 0. The van der Waals surface area contributed by atoms with Crippen LogP contribution >= 0.6 is 0 Å². The third-order valence-electron chi connectivity index (χ3n) is 5.54. The topological polar surface area (TPSA) is 63.7 Å². The molecule has 3 rings (SSSR count). The zero-order chi connectivity index (χ0) is 19.1. The summed E-state index contributed by atoms with van der Waals surface area (Å²) in [5.74, 6) is -0.656. The third-order valence-corrected chi connectivity index (χ3v) is 5.54. The van der Waals surface area contributed by atoms with Crippen LogP contribution in [-0.2, 0) is 27.2 Å². The standard InChI is InChI=1S/C22H29NO4/c24-20(19-10-9-17-7-6-8-18(17)15-19)11-12-22(26)27-16-21(25)23-13-4-2-1-3-5-14-23/h9-10,15H,1-8,11-14,16H2. The molecule has 0 saturated carbocycles. The van der Waals surface area contributed by atoms with Gasteiger partial charge in [0.15, 0.2) is 12.4 Å². The minimum absolute atomic E-state index is 0.0171. The maximum Gasteiger partial charge on any atom is 0.306 e. The fourth-order valence-electron chi connectivity index (χ4n) is 3.91. The van der Waals surface area contributed by atoms with Gasteiger partial charge in [-0.15, -0.1) is 0 Å². The average molecular weight is 371 g/mol. The van der Waals surface area contributed by atoms with E-state index < -0.39 is 5.97 Å². The molecule has 0 N–H and O–H groups in total. The third kappa shape index (κ3) is 5.65. The van der Waals surface area contributed by atoms with Gasteiger partial charge in [0.1, 0.15) is 0 Å². The molecular formula is C22H29NO4. The summed E-state index contributed by atoms with van der Waals surface area (Å²) in [6.45, 7) is 1.27. The van der Waals surface area contributed by atoms with E-state index in [9.17, 15) is 14.4 Å². The summed E-state index contributed by atoms with van der Waals surface area (Å²) in [5, 5.41) is 0. The van der Waals surface area contributed by atoms with Crippen molar-refractivity contribution in [1.82, 2.24) is 4.90 Å². The van der Waals surface area contributed by atoms with Gasteiger partial charge in [-0.2, -0.15) is 0 Å². The van der Waals surface area contributed by atoms with Crippen LogP contribution in [0.2, 0.25) is 0 Å². The first kappa shape index (κ1) is 19.6. The lowest BCUT2D eigenvalue weighted by molar-refractivity contribution is -0.152. The summed E-state index contributed by atoms with van der Waals surface area (Å²) < 4.78 is 5.11. The molecule has 146 valence electrons. The molecule has 1 heterocycles. The normalized spacial score (nSPS) is 17.0. The number of carbonyl (C=O) groups is 3. The number of hydrogen-bond donors (Lipinski definition) is 0. The Bertz CT molecular complexity index is 690. The van der Waals surface area contributed by atoms with Crippen LogP contribution < -0.4 is 0 Å². The van der Waals surface area contributed by atoms with Crippen molar-refractivity contribution in [2.45, 2.75) is 64.2 Å². The molecule has 1 amide bonds. The smallest absolute Gasteiger partial charge is 0.306 e. The highest BCUT2D eigenvalue weighted by Crippen LogP contribution is 2.23. The SMILES string of the molecule is O=C(CCC(=O)c1ccc2c(c1)CCC2)OCC(=O)N1CCCCCCC1. The number of fused-ring (bicyclic) bond motifs is 1. The minimum Gasteiger partial charge on any atom is -0.456 e. The first-order chi connectivity index (χ1) is 13.1. The zero-order valence-corrected chi connectivity index (χ0v) is 16.0. The molecule has 0 unspecified atom stereocenters. The fourth-order valence-corrected chi connectivity index (χ4v) is 3.91. The Balaban J connectivity index is 1.40. The fraction of sp³-hybridized carbons (Fsp3) is 0.591. The number of esters is 1. The van der Waals surface area contributed by atoms with Crippen LogP contribution in [0.1, 0.15) is 72.9 Å². The van der Waals surface area contributed by atoms with Crippen LogP contribution in [0, 0.1) is 0 Å². The van der Waals surface area contributed by atoms with Gasteiger partial charge >= 0.3 is 5.97 Å². The van der Waals surface area contributed by atoms with E-state index in [0.717, 1.165) is 58.0 Å². The van der Waals surface area contributed by atoms with E-state index in [1.165, 1.54) is 17.5 Å². The lowest BCUT2D eigenvalue weighted by Gasteiger charge is -2.24. The Morgan fingerprint density at radius 2 is 1.56 bits per heavy atom. The number of benzene rings is 1. The predicted octanol–water partition coefficient (Wildman–Crippen LogP) is 3.47. The second kappa shape index (κ2) is 9.67. The molecular weight excluding hydrogens is 342 g/mol. The van der Waals surface area contributed by atoms with Crippen LogP contribution in [0.4, 0.5) is 0 Å². The lowest BCUT2D eigenvalue weighted by Crippen LogP contribution is -2.36. The highest BCUT2D eigenvalue weighted by Gasteiger charge is 2.18. The van der Waals surface area contributed by atoms with E-state index in [1.54, 1.807) is 4.90 Å². The van der Waals surface area contributed by atoms with E-state index in [0.29, 0.717) is 5.56 Å². The van der Waals surface area contributed by atoms with E-state index in [4.69, 9.17) is 4.74 Å². The Kier molecular flexibility index (Phi) is 7.02. The molecule has 2 aliphatic rings. The van der Waals surface area contributed by atoms with Gasteiger partial charge in [0.25, 0.3) is 5.91 Å². The monoisotopic (exact) mass is 371 g/mol. The number of likely N-dealkylation sites (tertiary alicyclic amines) is 1. The van der Waals surface area contributed by atoms with Crippen LogP contribution in [0.15, 0.2) is 18.2 Å². The van der Waals surface area contributed by atoms with Crippen molar-refractivity contribution in [3.05, 3.63) is 34.9 Å². The number of nitrogens with zero attached hydrogens (tertiary/aromatic N) is 1. The highest BCUT2D eigenvalue weighted by molar-refractivity contribution is 5.98. The number of hydrogen-bond acceptors (Lipinski definition) is 4. The number of Topliss-reactive ketones (excluding diaryl/α,β-unsaturated/α-hetero) is 1. The zero-order valence-electron chi connectivity index (χ0n) is 16.0. The molecule has 1 saturated heterocycles. The van der Waals surface area contributed by atoms with E-state index in [-0.39, 0.29) is 31.1 Å². The second-order valence-corrected chi connectivity index (χ2v) is 7.57. The van der Waals surface area contributed by atoms with Gasteiger partial charge in [-0.05, 0) is 49.3 Å². The summed E-state index contributed by atoms with van der Waals surface area (Å²) in [5.41, 5.74) is 3.25. The van der Waals surface area contributed by atoms with Gasteiger partial charge in [-0.1, -0.05) is 31.4 Å². The molecule has 5 nitrogen and oxygen atoms in total. The molecule has 0 radical (unpaired) electrons.